The first-order valence-electron chi connectivity index (χ1n) is 8.99. The monoisotopic (exact) mass is 350 g/mol. The summed E-state index contributed by atoms with van der Waals surface area (Å²) in [7, 11) is 5.43. The third-order valence-corrected chi connectivity index (χ3v) is 4.06. The number of hydrogen-bond donors (Lipinski definition) is 2. The predicted octanol–water partition coefficient (Wildman–Crippen LogP) is 3.20. The lowest BCUT2D eigenvalue weighted by Gasteiger charge is -2.20. The van der Waals surface area contributed by atoms with Crippen LogP contribution < -0.4 is 20.1 Å². The van der Waals surface area contributed by atoms with Crippen LogP contribution in [0.1, 0.15) is 33.6 Å². The second-order valence-corrected chi connectivity index (χ2v) is 6.24. The quantitative estimate of drug-likeness (QED) is 0.385. The van der Waals surface area contributed by atoms with E-state index in [0.29, 0.717) is 17.5 Å². The van der Waals surface area contributed by atoms with E-state index in [9.17, 15) is 0 Å². The molecule has 142 valence electrons. The van der Waals surface area contributed by atoms with E-state index in [4.69, 9.17) is 9.47 Å². The summed E-state index contributed by atoms with van der Waals surface area (Å²) >= 11 is 0. The van der Waals surface area contributed by atoms with Crippen molar-refractivity contribution in [3.63, 3.8) is 0 Å². The van der Waals surface area contributed by atoms with Crippen LogP contribution in [0.2, 0.25) is 0 Å². The number of anilines is 1. The first kappa shape index (κ1) is 21.1. The molecule has 1 aromatic carbocycles. The van der Waals surface area contributed by atoms with Crippen LogP contribution >= 0.6 is 0 Å². The number of benzene rings is 1. The van der Waals surface area contributed by atoms with Crippen LogP contribution in [-0.4, -0.2) is 57.8 Å². The molecule has 0 amide bonds. The molecule has 0 aliphatic heterocycles. The van der Waals surface area contributed by atoms with Crippen molar-refractivity contribution in [3.05, 3.63) is 18.2 Å². The molecule has 25 heavy (non-hydrogen) atoms. The van der Waals surface area contributed by atoms with Crippen molar-refractivity contribution in [2.45, 2.75) is 39.7 Å². The average Bonchev–Trinajstić information content (AvgIpc) is 2.61. The topological polar surface area (TPSA) is 58.1 Å². The lowest BCUT2D eigenvalue weighted by atomic mass is 10.2. The number of unbranched alkanes of at least 4 members (excludes halogenated alkanes) is 1. The highest BCUT2D eigenvalue weighted by Gasteiger charge is 2.06. The molecule has 0 aliphatic rings. The van der Waals surface area contributed by atoms with Gasteiger partial charge in [-0.2, -0.15) is 0 Å². The van der Waals surface area contributed by atoms with Crippen LogP contribution in [0.4, 0.5) is 5.69 Å². The van der Waals surface area contributed by atoms with Crippen LogP contribution in [0.25, 0.3) is 0 Å². The summed E-state index contributed by atoms with van der Waals surface area (Å²) in [5, 5.41) is 6.59. The third kappa shape index (κ3) is 7.65. The molecule has 2 N–H and O–H groups in total. The average molecular weight is 351 g/mol. The smallest absolute Gasteiger partial charge is 0.195 e. The molecule has 0 radical (unpaired) electrons. The third-order valence-electron chi connectivity index (χ3n) is 4.06. The Labute approximate surface area is 152 Å². The molecule has 0 fully saturated rings. The van der Waals surface area contributed by atoms with Crippen molar-refractivity contribution in [3.8, 4) is 11.5 Å². The van der Waals surface area contributed by atoms with Crippen LogP contribution in [0.3, 0.4) is 0 Å². The highest BCUT2D eigenvalue weighted by atomic mass is 16.5. The van der Waals surface area contributed by atoms with Crippen molar-refractivity contribution >= 4 is 11.6 Å². The zero-order valence-electron chi connectivity index (χ0n) is 16.6. The summed E-state index contributed by atoms with van der Waals surface area (Å²) in [6, 6.07) is 6.33. The predicted molar refractivity (Wildman–Crippen MR) is 106 cm³/mol. The molecule has 0 atom stereocenters. The van der Waals surface area contributed by atoms with E-state index in [1.807, 2.05) is 18.2 Å². The fourth-order valence-electron chi connectivity index (χ4n) is 2.28. The van der Waals surface area contributed by atoms with Gasteiger partial charge in [0.2, 0.25) is 0 Å². The maximum Gasteiger partial charge on any atom is 0.195 e. The molecule has 0 saturated heterocycles. The summed E-state index contributed by atoms with van der Waals surface area (Å²) in [4.78, 5) is 7.01. The number of guanidine groups is 1. The summed E-state index contributed by atoms with van der Waals surface area (Å²) in [6.07, 6.45) is 2.22. The van der Waals surface area contributed by atoms with Gasteiger partial charge in [0.1, 0.15) is 0 Å². The van der Waals surface area contributed by atoms with Crippen LogP contribution in [-0.2, 0) is 0 Å². The maximum absolute atomic E-state index is 5.34. The number of aliphatic imine (C=N–C) groups is 1. The molecule has 0 bridgehead atoms. The van der Waals surface area contributed by atoms with E-state index in [1.54, 1.807) is 14.2 Å². The van der Waals surface area contributed by atoms with Crippen molar-refractivity contribution in [2.24, 2.45) is 4.99 Å². The molecular weight excluding hydrogens is 316 g/mol. The number of nitrogens with zero attached hydrogens (tertiary/aromatic N) is 2. The summed E-state index contributed by atoms with van der Waals surface area (Å²) in [5.41, 5.74) is 0.914. The van der Waals surface area contributed by atoms with Crippen molar-refractivity contribution in [2.75, 3.05) is 46.2 Å². The van der Waals surface area contributed by atoms with Gasteiger partial charge in [0.25, 0.3) is 0 Å². The van der Waals surface area contributed by atoms with Gasteiger partial charge in [-0.3, -0.25) is 4.99 Å². The molecule has 0 spiro atoms. The van der Waals surface area contributed by atoms with Gasteiger partial charge in [-0.25, -0.2) is 0 Å². The highest BCUT2D eigenvalue weighted by Crippen LogP contribution is 2.29. The second-order valence-electron chi connectivity index (χ2n) is 6.24. The van der Waals surface area contributed by atoms with Gasteiger partial charge < -0.3 is 25.0 Å². The minimum absolute atomic E-state index is 0.590. The molecule has 6 nitrogen and oxygen atoms in total. The van der Waals surface area contributed by atoms with Crippen molar-refractivity contribution in [1.82, 2.24) is 10.2 Å². The summed E-state index contributed by atoms with van der Waals surface area (Å²) < 4.78 is 10.6. The van der Waals surface area contributed by atoms with Gasteiger partial charge in [-0.15, -0.1) is 0 Å². The zero-order chi connectivity index (χ0) is 18.7. The summed E-state index contributed by atoms with van der Waals surface area (Å²) in [6.45, 7) is 9.21. The lowest BCUT2D eigenvalue weighted by Crippen LogP contribution is -2.31. The minimum atomic E-state index is 0.590. The fourth-order valence-corrected chi connectivity index (χ4v) is 2.28. The Hall–Kier alpha value is -1.95. The van der Waals surface area contributed by atoms with E-state index in [2.05, 4.69) is 48.3 Å². The second kappa shape index (κ2) is 11.6. The lowest BCUT2D eigenvalue weighted by molar-refractivity contribution is 0.269. The first-order chi connectivity index (χ1) is 12.0. The van der Waals surface area contributed by atoms with Gasteiger partial charge >= 0.3 is 0 Å². The molecule has 6 heteroatoms. The Morgan fingerprint density at radius 1 is 1.16 bits per heavy atom. The number of ether oxygens (including phenoxy) is 2. The minimum Gasteiger partial charge on any atom is -0.493 e. The molecule has 0 saturated carbocycles. The number of rotatable bonds is 10. The Bertz CT molecular complexity index is 532. The zero-order valence-corrected chi connectivity index (χ0v) is 16.6. The van der Waals surface area contributed by atoms with Gasteiger partial charge in [0, 0.05) is 30.9 Å². The normalized spacial score (nSPS) is 11.8. The van der Waals surface area contributed by atoms with Gasteiger partial charge in [-0.05, 0) is 59.3 Å². The standard InChI is InChI=1S/C19H34N4O2/c1-7-20-19(21-12-8-9-13-23(4)15(2)3)22-16-10-11-17(24-5)18(14-16)25-6/h10-11,14-15H,7-9,12-13H2,1-6H3,(H2,20,21,22). The summed E-state index contributed by atoms with van der Waals surface area (Å²) in [5.74, 6) is 2.19. The van der Waals surface area contributed by atoms with Crippen molar-refractivity contribution < 1.29 is 9.47 Å². The first-order valence-corrected chi connectivity index (χ1v) is 8.99. The molecule has 0 aromatic heterocycles. The van der Waals surface area contributed by atoms with E-state index in [1.165, 1.54) is 0 Å². The van der Waals surface area contributed by atoms with E-state index in [0.717, 1.165) is 44.1 Å². The molecule has 0 aliphatic carbocycles. The SMILES string of the molecule is CCNC(=NCCCCN(C)C(C)C)Nc1ccc(OC)c(OC)c1. The highest BCUT2D eigenvalue weighted by molar-refractivity contribution is 5.93. The number of nitrogens with one attached hydrogen (secondary N) is 2. The number of hydrogen-bond acceptors (Lipinski definition) is 4. The number of methoxy groups -OCH3 is 2. The Balaban J connectivity index is 2.58. The van der Waals surface area contributed by atoms with Crippen LogP contribution in [0.15, 0.2) is 23.2 Å². The molecule has 0 unspecified atom stereocenters. The van der Waals surface area contributed by atoms with Crippen LogP contribution in [0.5, 0.6) is 11.5 Å². The largest absolute Gasteiger partial charge is 0.493 e. The van der Waals surface area contributed by atoms with Crippen LogP contribution in [0, 0.1) is 0 Å². The van der Waals surface area contributed by atoms with Crippen molar-refractivity contribution in [1.29, 1.82) is 0 Å². The van der Waals surface area contributed by atoms with Gasteiger partial charge in [0.05, 0.1) is 14.2 Å². The molecule has 0 heterocycles. The fraction of sp³-hybridized carbons (Fsp3) is 0.632. The van der Waals surface area contributed by atoms with Gasteiger partial charge in [-0.1, -0.05) is 0 Å². The van der Waals surface area contributed by atoms with E-state index >= 15 is 0 Å². The van der Waals surface area contributed by atoms with E-state index < -0.39 is 0 Å². The molecule has 1 rings (SSSR count). The van der Waals surface area contributed by atoms with E-state index in [-0.39, 0.29) is 0 Å². The molecule has 1 aromatic rings. The maximum atomic E-state index is 5.34. The molecular formula is C19H34N4O2. The Morgan fingerprint density at radius 3 is 2.48 bits per heavy atom. The Kier molecular flexibility index (Phi) is 9.77. The van der Waals surface area contributed by atoms with Gasteiger partial charge in [0.15, 0.2) is 17.5 Å². The Morgan fingerprint density at radius 2 is 1.88 bits per heavy atom.